The topological polar surface area (TPSA) is 48.9 Å². The van der Waals surface area contributed by atoms with Gasteiger partial charge in [-0.25, -0.2) is 0 Å². The largest absolute Gasteiger partial charge is 0.496 e. The van der Waals surface area contributed by atoms with Crippen LogP contribution in [0.4, 0.5) is 0 Å². The summed E-state index contributed by atoms with van der Waals surface area (Å²) in [7, 11) is 3.56. The van der Waals surface area contributed by atoms with Crippen LogP contribution in [0.25, 0.3) is 0 Å². The molecule has 1 unspecified atom stereocenters. The summed E-state index contributed by atoms with van der Waals surface area (Å²) in [5.74, 6) is 2.58. The number of hydrogen-bond acceptors (Lipinski definition) is 3. The Balaban J connectivity index is 0.00000338. The predicted molar refractivity (Wildman–Crippen MR) is 121 cm³/mol. The molecule has 1 saturated heterocycles. The molecule has 1 fully saturated rings. The number of guanidine groups is 1. The first kappa shape index (κ1) is 23.0. The number of ether oxygens (including phenoxy) is 1. The number of likely N-dealkylation sites (tertiary alicyclic amines) is 1. The van der Waals surface area contributed by atoms with Crippen LogP contribution in [0.5, 0.6) is 5.75 Å². The molecule has 1 atom stereocenters. The highest BCUT2D eigenvalue weighted by atomic mass is 127. The lowest BCUT2D eigenvalue weighted by atomic mass is 10.1. The first-order chi connectivity index (χ1) is 12.2. The lowest BCUT2D eigenvalue weighted by Gasteiger charge is -2.17. The highest BCUT2D eigenvalue weighted by Crippen LogP contribution is 2.19. The molecule has 0 amide bonds. The zero-order chi connectivity index (χ0) is 18.1. The molecule has 0 saturated carbocycles. The summed E-state index contributed by atoms with van der Waals surface area (Å²) in [6, 6.07) is 6.40. The van der Waals surface area contributed by atoms with Gasteiger partial charge in [-0.15, -0.1) is 24.0 Å². The molecule has 2 N–H and O–H groups in total. The molecule has 0 aliphatic carbocycles. The minimum atomic E-state index is 0. The fourth-order valence-electron chi connectivity index (χ4n) is 3.41. The van der Waals surface area contributed by atoms with Gasteiger partial charge >= 0.3 is 0 Å². The molecule has 1 heterocycles. The molecule has 1 aliphatic rings. The van der Waals surface area contributed by atoms with E-state index in [1.807, 2.05) is 7.05 Å². The van der Waals surface area contributed by atoms with Gasteiger partial charge < -0.3 is 20.3 Å². The predicted octanol–water partition coefficient (Wildman–Crippen LogP) is 3.06. The van der Waals surface area contributed by atoms with Crippen molar-refractivity contribution in [3.63, 3.8) is 0 Å². The summed E-state index contributed by atoms with van der Waals surface area (Å²) in [5.41, 5.74) is 2.45. The molecular weight excluding hydrogens is 439 g/mol. The smallest absolute Gasteiger partial charge is 0.190 e. The minimum Gasteiger partial charge on any atom is -0.496 e. The molecule has 1 aromatic rings. The zero-order valence-corrected chi connectivity index (χ0v) is 19.0. The zero-order valence-electron chi connectivity index (χ0n) is 16.7. The minimum absolute atomic E-state index is 0. The van der Waals surface area contributed by atoms with Crippen LogP contribution in [0.1, 0.15) is 30.9 Å². The van der Waals surface area contributed by atoms with E-state index in [9.17, 15) is 0 Å². The van der Waals surface area contributed by atoms with Crippen LogP contribution in [0.3, 0.4) is 0 Å². The summed E-state index contributed by atoms with van der Waals surface area (Å²) in [6.07, 6.45) is 3.48. The van der Waals surface area contributed by atoms with E-state index in [4.69, 9.17) is 4.74 Å². The van der Waals surface area contributed by atoms with Crippen LogP contribution < -0.4 is 15.4 Å². The Labute approximate surface area is 176 Å². The second-order valence-electron chi connectivity index (χ2n) is 6.89. The third-order valence-electron chi connectivity index (χ3n) is 4.87. The molecule has 26 heavy (non-hydrogen) atoms. The van der Waals surface area contributed by atoms with Crippen LogP contribution >= 0.6 is 24.0 Å². The second kappa shape index (κ2) is 12.4. The number of aliphatic imine (C=N–C) groups is 1. The molecule has 0 bridgehead atoms. The molecule has 5 nitrogen and oxygen atoms in total. The molecule has 0 aromatic heterocycles. The summed E-state index contributed by atoms with van der Waals surface area (Å²) < 4.78 is 5.40. The number of hydrogen-bond donors (Lipinski definition) is 2. The van der Waals surface area contributed by atoms with Crippen molar-refractivity contribution in [1.82, 2.24) is 15.5 Å². The van der Waals surface area contributed by atoms with E-state index < -0.39 is 0 Å². The van der Waals surface area contributed by atoms with Crippen molar-refractivity contribution in [2.24, 2.45) is 10.9 Å². The van der Waals surface area contributed by atoms with Crippen molar-refractivity contribution in [3.8, 4) is 5.75 Å². The number of nitrogens with zero attached hydrogens (tertiary/aromatic N) is 2. The van der Waals surface area contributed by atoms with Crippen LogP contribution in [-0.2, 0) is 6.42 Å². The van der Waals surface area contributed by atoms with Crippen molar-refractivity contribution in [1.29, 1.82) is 0 Å². The fourth-order valence-corrected chi connectivity index (χ4v) is 3.41. The Bertz CT molecular complexity index is 565. The standard InChI is InChI=1S/C20H34N4O.HI/c1-5-11-24-12-9-18(15-24)14-23-20(21-3)22-10-8-17-7-6-16(2)19(13-17)25-4;/h6-7,13,18H,5,8-12,14-15H2,1-4H3,(H2,21,22,23);1H. The Morgan fingerprint density at radius 3 is 2.85 bits per heavy atom. The normalized spacial score (nSPS) is 17.7. The average molecular weight is 474 g/mol. The highest BCUT2D eigenvalue weighted by molar-refractivity contribution is 14.0. The van der Waals surface area contributed by atoms with E-state index in [-0.39, 0.29) is 24.0 Å². The van der Waals surface area contributed by atoms with Crippen molar-refractivity contribution in [2.75, 3.05) is 46.9 Å². The summed E-state index contributed by atoms with van der Waals surface area (Å²) >= 11 is 0. The van der Waals surface area contributed by atoms with Crippen LogP contribution in [-0.4, -0.2) is 57.7 Å². The van der Waals surface area contributed by atoms with Crippen LogP contribution in [0.15, 0.2) is 23.2 Å². The van der Waals surface area contributed by atoms with Crippen molar-refractivity contribution in [3.05, 3.63) is 29.3 Å². The Morgan fingerprint density at radius 1 is 1.35 bits per heavy atom. The summed E-state index contributed by atoms with van der Waals surface area (Å²) in [4.78, 5) is 6.90. The molecule has 0 spiro atoms. The molecule has 148 valence electrons. The Hall–Kier alpha value is -1.02. The van der Waals surface area contributed by atoms with E-state index in [1.165, 1.54) is 43.6 Å². The van der Waals surface area contributed by atoms with E-state index in [0.29, 0.717) is 0 Å². The van der Waals surface area contributed by atoms with Crippen molar-refractivity contribution in [2.45, 2.75) is 33.1 Å². The van der Waals surface area contributed by atoms with E-state index in [2.05, 4.69) is 52.6 Å². The lowest BCUT2D eigenvalue weighted by molar-refractivity contribution is 0.324. The molecule has 1 aliphatic heterocycles. The number of halogens is 1. The van der Waals surface area contributed by atoms with Crippen LogP contribution in [0, 0.1) is 12.8 Å². The fraction of sp³-hybridized carbons (Fsp3) is 0.650. The Morgan fingerprint density at radius 2 is 2.15 bits per heavy atom. The van der Waals surface area contributed by atoms with Gasteiger partial charge in [-0.3, -0.25) is 4.99 Å². The van der Waals surface area contributed by atoms with E-state index >= 15 is 0 Å². The van der Waals surface area contributed by atoms with Crippen LogP contribution in [0.2, 0.25) is 0 Å². The van der Waals surface area contributed by atoms with Gasteiger partial charge in [-0.1, -0.05) is 19.1 Å². The van der Waals surface area contributed by atoms with Gasteiger partial charge in [0, 0.05) is 26.7 Å². The number of benzene rings is 1. The third kappa shape index (κ3) is 7.31. The summed E-state index contributed by atoms with van der Waals surface area (Å²) in [5, 5.41) is 6.89. The molecule has 2 rings (SSSR count). The highest BCUT2D eigenvalue weighted by Gasteiger charge is 2.21. The van der Waals surface area contributed by atoms with Gasteiger partial charge in [0.15, 0.2) is 5.96 Å². The van der Waals surface area contributed by atoms with Gasteiger partial charge in [0.05, 0.1) is 7.11 Å². The van der Waals surface area contributed by atoms with E-state index in [0.717, 1.165) is 37.1 Å². The first-order valence-electron chi connectivity index (χ1n) is 9.46. The number of aryl methyl sites for hydroxylation is 1. The van der Waals surface area contributed by atoms with Gasteiger partial charge in [0.1, 0.15) is 5.75 Å². The number of methoxy groups -OCH3 is 1. The quantitative estimate of drug-likeness (QED) is 0.346. The maximum Gasteiger partial charge on any atom is 0.190 e. The van der Waals surface area contributed by atoms with Gasteiger partial charge in [0.2, 0.25) is 0 Å². The monoisotopic (exact) mass is 474 g/mol. The SMILES string of the molecule is CCCN1CCC(CNC(=NC)NCCc2ccc(C)c(OC)c2)C1.I. The van der Waals surface area contributed by atoms with Gasteiger partial charge in [0.25, 0.3) is 0 Å². The average Bonchev–Trinajstić information content (AvgIpc) is 3.07. The van der Waals surface area contributed by atoms with Gasteiger partial charge in [-0.2, -0.15) is 0 Å². The summed E-state index contributed by atoms with van der Waals surface area (Å²) in [6.45, 7) is 9.85. The maximum atomic E-state index is 5.40. The molecule has 0 radical (unpaired) electrons. The first-order valence-corrected chi connectivity index (χ1v) is 9.46. The van der Waals surface area contributed by atoms with Crippen molar-refractivity contribution >= 4 is 29.9 Å². The van der Waals surface area contributed by atoms with Gasteiger partial charge in [-0.05, 0) is 62.4 Å². The van der Waals surface area contributed by atoms with Crippen molar-refractivity contribution < 1.29 is 4.74 Å². The number of rotatable bonds is 8. The maximum absolute atomic E-state index is 5.40. The molecule has 6 heteroatoms. The third-order valence-corrected chi connectivity index (χ3v) is 4.87. The Kier molecular flexibility index (Phi) is 11.0. The number of nitrogens with one attached hydrogen (secondary N) is 2. The van der Waals surface area contributed by atoms with E-state index in [1.54, 1.807) is 7.11 Å². The molecule has 1 aromatic carbocycles. The second-order valence-corrected chi connectivity index (χ2v) is 6.89. The lowest BCUT2D eigenvalue weighted by Crippen LogP contribution is -2.41. The molecular formula is C20H35IN4O.